The fourth-order valence-corrected chi connectivity index (χ4v) is 1.98. The van der Waals surface area contributed by atoms with E-state index in [1.54, 1.807) is 25.1 Å². The van der Waals surface area contributed by atoms with Crippen molar-refractivity contribution < 1.29 is 14.2 Å². The van der Waals surface area contributed by atoms with Crippen molar-refractivity contribution in [3.05, 3.63) is 65.5 Å². The molecular weight excluding hydrogens is 269 g/mol. The summed E-state index contributed by atoms with van der Waals surface area (Å²) in [5.41, 5.74) is 1.51. The fourth-order valence-electron chi connectivity index (χ4n) is 1.98. The van der Waals surface area contributed by atoms with Gasteiger partial charge in [0.25, 0.3) is 0 Å². The minimum atomic E-state index is -0.392. The van der Waals surface area contributed by atoms with Gasteiger partial charge in [0, 0.05) is 24.2 Å². The van der Waals surface area contributed by atoms with Gasteiger partial charge in [-0.05, 0) is 19.1 Å². The van der Waals surface area contributed by atoms with Crippen molar-refractivity contribution in [1.82, 2.24) is 5.32 Å². The van der Waals surface area contributed by atoms with Crippen molar-refractivity contribution in [3.8, 4) is 5.75 Å². The highest BCUT2D eigenvalue weighted by Crippen LogP contribution is 2.20. The molecule has 21 heavy (non-hydrogen) atoms. The molecule has 0 fully saturated rings. The first-order chi connectivity index (χ1) is 10.2. The topological polar surface area (TPSA) is 41.5 Å². The lowest BCUT2D eigenvalue weighted by Gasteiger charge is -2.13. The second-order valence-electron chi connectivity index (χ2n) is 4.97. The molecule has 0 radical (unpaired) electrons. The van der Waals surface area contributed by atoms with Crippen LogP contribution in [0, 0.1) is 5.82 Å². The van der Waals surface area contributed by atoms with Gasteiger partial charge >= 0.3 is 0 Å². The van der Waals surface area contributed by atoms with Crippen LogP contribution < -0.4 is 10.1 Å². The molecule has 0 aliphatic rings. The molecule has 0 spiro atoms. The molecule has 0 unspecified atom stereocenters. The van der Waals surface area contributed by atoms with Crippen molar-refractivity contribution in [2.24, 2.45) is 0 Å². The third kappa shape index (κ3) is 4.85. The average Bonchev–Trinajstić information content (AvgIpc) is 2.47. The molecule has 4 heteroatoms. The number of hydrogen-bond acceptors (Lipinski definition) is 3. The molecule has 2 aromatic carbocycles. The van der Waals surface area contributed by atoms with Gasteiger partial charge in [0.2, 0.25) is 0 Å². The van der Waals surface area contributed by atoms with Gasteiger partial charge in [0.05, 0.1) is 6.10 Å². The molecule has 112 valence electrons. The number of benzene rings is 2. The second-order valence-corrected chi connectivity index (χ2v) is 4.97. The standard InChI is InChI=1S/C17H20FNO2/c1-13(20)10-19-11-14-6-3-5-9-17(14)21-12-15-7-2-4-8-16(15)18/h2-9,13,19-20H,10-12H2,1H3/t13-/m0/s1. The number of halogens is 1. The van der Waals surface area contributed by atoms with E-state index in [0.717, 1.165) is 11.3 Å². The molecule has 0 bridgehead atoms. The van der Waals surface area contributed by atoms with E-state index in [-0.39, 0.29) is 12.4 Å². The SMILES string of the molecule is C[C@H](O)CNCc1ccccc1OCc1ccccc1F. The Balaban J connectivity index is 1.98. The second kappa shape index (κ2) is 7.76. The van der Waals surface area contributed by atoms with Gasteiger partial charge < -0.3 is 15.2 Å². The molecule has 0 saturated carbocycles. The molecule has 0 aliphatic heterocycles. The molecule has 0 heterocycles. The molecule has 1 atom stereocenters. The van der Waals surface area contributed by atoms with Crippen molar-refractivity contribution in [2.75, 3.05) is 6.54 Å². The maximum atomic E-state index is 13.6. The van der Waals surface area contributed by atoms with Crippen molar-refractivity contribution in [3.63, 3.8) is 0 Å². The van der Waals surface area contributed by atoms with Crippen LogP contribution in [0.2, 0.25) is 0 Å². The Morgan fingerprint density at radius 2 is 1.76 bits per heavy atom. The van der Waals surface area contributed by atoms with E-state index < -0.39 is 6.10 Å². The Bertz CT molecular complexity index is 572. The molecular formula is C17H20FNO2. The number of rotatable bonds is 7. The third-order valence-corrected chi connectivity index (χ3v) is 3.07. The highest BCUT2D eigenvalue weighted by atomic mass is 19.1. The van der Waals surface area contributed by atoms with E-state index in [1.807, 2.05) is 24.3 Å². The van der Waals surface area contributed by atoms with Crippen LogP contribution in [0.15, 0.2) is 48.5 Å². The minimum absolute atomic E-state index is 0.195. The Labute approximate surface area is 124 Å². The van der Waals surface area contributed by atoms with E-state index in [4.69, 9.17) is 4.74 Å². The molecule has 2 N–H and O–H groups in total. The monoisotopic (exact) mass is 289 g/mol. The summed E-state index contributed by atoms with van der Waals surface area (Å²) in [5.74, 6) is 0.459. The van der Waals surface area contributed by atoms with Gasteiger partial charge in [0.15, 0.2) is 0 Å². The molecule has 0 aliphatic carbocycles. The van der Waals surface area contributed by atoms with Crippen LogP contribution in [0.4, 0.5) is 4.39 Å². The van der Waals surface area contributed by atoms with Gasteiger partial charge in [-0.25, -0.2) is 4.39 Å². The highest BCUT2D eigenvalue weighted by molar-refractivity contribution is 5.33. The minimum Gasteiger partial charge on any atom is -0.488 e. The van der Waals surface area contributed by atoms with E-state index in [2.05, 4.69) is 5.32 Å². The summed E-state index contributed by atoms with van der Waals surface area (Å²) in [5, 5.41) is 12.4. The quantitative estimate of drug-likeness (QED) is 0.823. The molecule has 2 rings (SSSR count). The Morgan fingerprint density at radius 1 is 1.10 bits per heavy atom. The van der Waals surface area contributed by atoms with Crippen LogP contribution in [0.3, 0.4) is 0 Å². The number of aliphatic hydroxyl groups excluding tert-OH is 1. The van der Waals surface area contributed by atoms with Crippen LogP contribution in [0.1, 0.15) is 18.1 Å². The lowest BCUT2D eigenvalue weighted by Crippen LogP contribution is -2.24. The van der Waals surface area contributed by atoms with Gasteiger partial charge in [-0.15, -0.1) is 0 Å². The lowest BCUT2D eigenvalue weighted by atomic mass is 10.2. The molecule has 0 saturated heterocycles. The van der Waals surface area contributed by atoms with E-state index >= 15 is 0 Å². The number of hydrogen-bond donors (Lipinski definition) is 2. The van der Waals surface area contributed by atoms with Gasteiger partial charge in [-0.3, -0.25) is 0 Å². The van der Waals surface area contributed by atoms with Crippen LogP contribution >= 0.6 is 0 Å². The normalized spacial score (nSPS) is 12.1. The first-order valence-corrected chi connectivity index (χ1v) is 6.99. The lowest BCUT2D eigenvalue weighted by molar-refractivity contribution is 0.190. The smallest absolute Gasteiger partial charge is 0.129 e. The van der Waals surface area contributed by atoms with Crippen molar-refractivity contribution in [2.45, 2.75) is 26.2 Å². The van der Waals surface area contributed by atoms with Gasteiger partial charge in [0.1, 0.15) is 18.2 Å². The Morgan fingerprint density at radius 3 is 2.48 bits per heavy atom. The van der Waals surface area contributed by atoms with Crippen molar-refractivity contribution >= 4 is 0 Å². The van der Waals surface area contributed by atoms with Crippen LogP contribution in [-0.4, -0.2) is 17.8 Å². The number of nitrogens with one attached hydrogen (secondary N) is 1. The summed E-state index contributed by atoms with van der Waals surface area (Å²) >= 11 is 0. The largest absolute Gasteiger partial charge is 0.488 e. The van der Waals surface area contributed by atoms with E-state index in [1.165, 1.54) is 6.07 Å². The average molecular weight is 289 g/mol. The summed E-state index contributed by atoms with van der Waals surface area (Å²) in [6.45, 7) is 3.04. The molecule has 0 aromatic heterocycles. The third-order valence-electron chi connectivity index (χ3n) is 3.07. The van der Waals surface area contributed by atoms with Crippen LogP contribution in [0.25, 0.3) is 0 Å². The summed E-state index contributed by atoms with van der Waals surface area (Å²) in [6, 6.07) is 14.2. The van der Waals surface area contributed by atoms with Crippen molar-refractivity contribution in [1.29, 1.82) is 0 Å². The maximum absolute atomic E-state index is 13.6. The van der Waals surface area contributed by atoms with Crippen LogP contribution in [-0.2, 0) is 13.2 Å². The molecule has 2 aromatic rings. The number of aliphatic hydroxyl groups is 1. The van der Waals surface area contributed by atoms with Crippen LogP contribution in [0.5, 0.6) is 5.75 Å². The number of ether oxygens (including phenoxy) is 1. The van der Waals surface area contributed by atoms with Gasteiger partial charge in [-0.2, -0.15) is 0 Å². The van der Waals surface area contributed by atoms with E-state index in [0.29, 0.717) is 18.7 Å². The Kier molecular flexibility index (Phi) is 5.72. The predicted octanol–water partition coefficient (Wildman–Crippen LogP) is 2.88. The zero-order valence-electron chi connectivity index (χ0n) is 12.1. The first-order valence-electron chi connectivity index (χ1n) is 6.99. The predicted molar refractivity (Wildman–Crippen MR) is 80.6 cm³/mol. The highest BCUT2D eigenvalue weighted by Gasteiger charge is 2.06. The number of para-hydroxylation sites is 1. The summed E-state index contributed by atoms with van der Waals surface area (Å²) in [7, 11) is 0. The fraction of sp³-hybridized carbons (Fsp3) is 0.294. The summed E-state index contributed by atoms with van der Waals surface area (Å²) in [6.07, 6.45) is -0.392. The van der Waals surface area contributed by atoms with E-state index in [9.17, 15) is 9.50 Å². The maximum Gasteiger partial charge on any atom is 0.129 e. The summed E-state index contributed by atoms with van der Waals surface area (Å²) in [4.78, 5) is 0. The first kappa shape index (κ1) is 15.5. The molecule has 3 nitrogen and oxygen atoms in total. The Hall–Kier alpha value is -1.91. The zero-order chi connectivity index (χ0) is 15.1. The van der Waals surface area contributed by atoms with Gasteiger partial charge in [-0.1, -0.05) is 36.4 Å². The zero-order valence-corrected chi connectivity index (χ0v) is 12.1. The molecule has 0 amide bonds. The summed E-state index contributed by atoms with van der Waals surface area (Å²) < 4.78 is 19.3.